The Labute approximate surface area is 140 Å². The summed E-state index contributed by atoms with van der Waals surface area (Å²) in [5.41, 5.74) is 2.28. The summed E-state index contributed by atoms with van der Waals surface area (Å²) in [6, 6.07) is 14.7. The summed E-state index contributed by atoms with van der Waals surface area (Å²) in [5, 5.41) is 4.22. The third-order valence-corrected chi connectivity index (χ3v) is 4.48. The van der Waals surface area contributed by atoms with Crippen LogP contribution >= 0.6 is 0 Å². The molecule has 1 aromatic carbocycles. The first-order chi connectivity index (χ1) is 11.8. The van der Waals surface area contributed by atoms with E-state index in [2.05, 4.69) is 17.3 Å². The van der Waals surface area contributed by atoms with Gasteiger partial charge in [-0.1, -0.05) is 5.16 Å². The van der Waals surface area contributed by atoms with Crippen LogP contribution in [0.5, 0.6) is 5.75 Å². The molecule has 1 aliphatic carbocycles. The molecule has 2 heterocycles. The summed E-state index contributed by atoms with van der Waals surface area (Å²) < 4.78 is 16.0. The zero-order valence-electron chi connectivity index (χ0n) is 13.7. The molecule has 0 amide bonds. The number of rotatable bonds is 7. The van der Waals surface area contributed by atoms with E-state index in [1.165, 1.54) is 23.3 Å². The van der Waals surface area contributed by atoms with Gasteiger partial charge in [0.1, 0.15) is 24.5 Å². The van der Waals surface area contributed by atoms with Gasteiger partial charge in [0.15, 0.2) is 5.76 Å². The number of nitrogens with zero attached hydrogens (tertiary/aromatic N) is 1. The molecule has 5 heteroatoms. The van der Waals surface area contributed by atoms with Crippen molar-refractivity contribution in [1.29, 1.82) is 0 Å². The van der Waals surface area contributed by atoms with Crippen LogP contribution in [0.4, 0.5) is 0 Å². The van der Waals surface area contributed by atoms with Crippen molar-refractivity contribution in [1.82, 2.24) is 5.16 Å². The monoisotopic (exact) mass is 325 g/mol. The quantitative estimate of drug-likeness (QED) is 0.726. The van der Waals surface area contributed by atoms with Gasteiger partial charge in [0.05, 0.1) is 19.4 Å². The maximum Gasteiger partial charge on any atom is 0.202 e. The minimum atomic E-state index is 0.689. The lowest BCUT2D eigenvalue weighted by atomic mass is 10.2. The molecule has 0 spiro atoms. The second-order valence-corrected chi connectivity index (χ2v) is 6.29. The van der Waals surface area contributed by atoms with Crippen LogP contribution < -0.4 is 9.64 Å². The van der Waals surface area contributed by atoms with E-state index in [9.17, 15) is 0 Å². The Morgan fingerprint density at radius 1 is 1.12 bits per heavy atom. The van der Waals surface area contributed by atoms with Gasteiger partial charge in [-0.05, 0) is 36.4 Å². The van der Waals surface area contributed by atoms with Crippen molar-refractivity contribution in [3.8, 4) is 17.3 Å². The first kappa shape index (κ1) is 15.0. The fourth-order valence-electron chi connectivity index (χ4n) is 3.01. The molecule has 0 saturated heterocycles. The molecule has 5 nitrogen and oxygen atoms in total. The zero-order valence-corrected chi connectivity index (χ0v) is 13.7. The minimum absolute atomic E-state index is 0.689. The molecule has 1 atom stereocenters. The maximum atomic E-state index is 5.42. The number of nitrogens with one attached hydrogen (secondary N) is 1. The van der Waals surface area contributed by atoms with Crippen LogP contribution in [0.15, 0.2) is 57.7 Å². The SMILES string of the molecule is COc1ccc(C[NH+](Cc2cc(-c3ccco3)on2)C2CC2)cc1. The first-order valence-corrected chi connectivity index (χ1v) is 8.29. The van der Waals surface area contributed by atoms with E-state index in [1.807, 2.05) is 30.3 Å². The fraction of sp³-hybridized carbons (Fsp3) is 0.316. The number of methoxy groups -OCH3 is 1. The van der Waals surface area contributed by atoms with Gasteiger partial charge in [0, 0.05) is 24.5 Å². The third kappa shape index (κ3) is 3.36. The van der Waals surface area contributed by atoms with Crippen molar-refractivity contribution in [3.05, 3.63) is 60.0 Å². The second-order valence-electron chi connectivity index (χ2n) is 6.29. The molecule has 1 fully saturated rings. The molecule has 0 bridgehead atoms. The molecule has 1 aliphatic rings. The molecule has 24 heavy (non-hydrogen) atoms. The summed E-state index contributed by atoms with van der Waals surface area (Å²) in [6.07, 6.45) is 4.21. The lowest BCUT2D eigenvalue weighted by Crippen LogP contribution is -3.10. The summed E-state index contributed by atoms with van der Waals surface area (Å²) in [7, 11) is 1.69. The van der Waals surface area contributed by atoms with Crippen molar-refractivity contribution in [3.63, 3.8) is 0 Å². The van der Waals surface area contributed by atoms with Crippen molar-refractivity contribution >= 4 is 0 Å². The van der Waals surface area contributed by atoms with Gasteiger partial charge in [-0.15, -0.1) is 0 Å². The van der Waals surface area contributed by atoms with Crippen LogP contribution in [-0.4, -0.2) is 18.3 Å². The van der Waals surface area contributed by atoms with Crippen LogP contribution in [-0.2, 0) is 13.1 Å². The van der Waals surface area contributed by atoms with E-state index in [0.717, 1.165) is 36.3 Å². The average molecular weight is 325 g/mol. The van der Waals surface area contributed by atoms with E-state index in [1.54, 1.807) is 13.4 Å². The highest BCUT2D eigenvalue weighted by Gasteiger charge is 2.34. The Morgan fingerprint density at radius 2 is 1.96 bits per heavy atom. The summed E-state index contributed by atoms with van der Waals surface area (Å²) in [5.74, 6) is 2.30. The molecule has 1 N–H and O–H groups in total. The highest BCUT2D eigenvalue weighted by Crippen LogP contribution is 2.21. The topological polar surface area (TPSA) is 52.8 Å². The molecule has 1 saturated carbocycles. The van der Waals surface area contributed by atoms with Crippen molar-refractivity contribution in [2.45, 2.75) is 32.0 Å². The fourth-order valence-corrected chi connectivity index (χ4v) is 3.01. The van der Waals surface area contributed by atoms with Crippen LogP contribution in [0, 0.1) is 0 Å². The van der Waals surface area contributed by atoms with Gasteiger partial charge < -0.3 is 18.6 Å². The summed E-state index contributed by atoms with van der Waals surface area (Å²) >= 11 is 0. The molecule has 124 valence electrons. The lowest BCUT2D eigenvalue weighted by molar-refractivity contribution is -0.938. The molecule has 1 unspecified atom stereocenters. The number of ether oxygens (including phenoxy) is 1. The smallest absolute Gasteiger partial charge is 0.202 e. The van der Waals surface area contributed by atoms with Crippen LogP contribution in [0.1, 0.15) is 24.1 Å². The molecular weight excluding hydrogens is 304 g/mol. The van der Waals surface area contributed by atoms with Crippen molar-refractivity contribution in [2.75, 3.05) is 7.11 Å². The number of furan rings is 1. The minimum Gasteiger partial charge on any atom is -0.497 e. The number of hydrogen-bond donors (Lipinski definition) is 1. The van der Waals surface area contributed by atoms with Gasteiger partial charge in [0.25, 0.3) is 0 Å². The number of hydrogen-bond acceptors (Lipinski definition) is 4. The number of quaternary nitrogens is 1. The zero-order chi connectivity index (χ0) is 16.4. The van der Waals surface area contributed by atoms with Crippen molar-refractivity contribution in [2.24, 2.45) is 0 Å². The molecule has 0 radical (unpaired) electrons. The Morgan fingerprint density at radius 3 is 2.62 bits per heavy atom. The highest BCUT2D eigenvalue weighted by molar-refractivity contribution is 5.49. The predicted octanol–water partition coefficient (Wildman–Crippen LogP) is 2.69. The molecule has 0 aliphatic heterocycles. The molecule has 3 aromatic rings. The number of benzene rings is 1. The molecule has 4 rings (SSSR count). The van der Waals surface area contributed by atoms with Crippen LogP contribution in [0.25, 0.3) is 11.5 Å². The largest absolute Gasteiger partial charge is 0.497 e. The maximum absolute atomic E-state index is 5.42. The Hall–Kier alpha value is -2.53. The Balaban J connectivity index is 1.45. The lowest BCUT2D eigenvalue weighted by Gasteiger charge is -2.18. The average Bonchev–Trinajstić information content (AvgIpc) is 3.11. The van der Waals surface area contributed by atoms with E-state index in [0.29, 0.717) is 5.76 Å². The van der Waals surface area contributed by atoms with Crippen LogP contribution in [0.2, 0.25) is 0 Å². The van der Waals surface area contributed by atoms with Gasteiger partial charge in [-0.2, -0.15) is 0 Å². The normalized spacial score (nSPS) is 15.4. The summed E-state index contributed by atoms with van der Waals surface area (Å²) in [4.78, 5) is 1.53. The Bertz CT molecular complexity index is 773. The highest BCUT2D eigenvalue weighted by atomic mass is 16.5. The standard InChI is InChI=1S/C19H20N2O3/c1-22-17-8-4-14(5-9-17)12-21(16-6-7-16)13-15-11-19(24-20-15)18-3-2-10-23-18/h2-5,8-11,16H,6-7,12-13H2,1H3/p+1. The van der Waals surface area contributed by atoms with Gasteiger partial charge in [-0.3, -0.25) is 0 Å². The predicted molar refractivity (Wildman–Crippen MR) is 88.6 cm³/mol. The number of aromatic nitrogens is 1. The van der Waals surface area contributed by atoms with Gasteiger partial charge in [-0.25, -0.2) is 0 Å². The molecular formula is C19H21N2O3+. The van der Waals surface area contributed by atoms with Gasteiger partial charge >= 0.3 is 0 Å². The van der Waals surface area contributed by atoms with Crippen LogP contribution in [0.3, 0.4) is 0 Å². The second kappa shape index (κ2) is 6.53. The Kier molecular flexibility index (Phi) is 4.09. The van der Waals surface area contributed by atoms with E-state index in [4.69, 9.17) is 13.7 Å². The van der Waals surface area contributed by atoms with E-state index in [-0.39, 0.29) is 0 Å². The van der Waals surface area contributed by atoms with E-state index < -0.39 is 0 Å². The first-order valence-electron chi connectivity index (χ1n) is 8.29. The van der Waals surface area contributed by atoms with Crippen molar-refractivity contribution < 1.29 is 18.6 Å². The van der Waals surface area contributed by atoms with E-state index >= 15 is 0 Å². The third-order valence-electron chi connectivity index (χ3n) is 4.48. The summed E-state index contributed by atoms with van der Waals surface area (Å²) in [6.45, 7) is 1.85. The molecule has 2 aromatic heterocycles. The van der Waals surface area contributed by atoms with Gasteiger partial charge in [0.2, 0.25) is 5.76 Å².